The Labute approximate surface area is 185 Å². The van der Waals surface area contributed by atoms with Crippen LogP contribution in [-0.2, 0) is 21.7 Å². The molecule has 1 unspecified atom stereocenters. The van der Waals surface area contributed by atoms with Gasteiger partial charge in [-0.3, -0.25) is 9.97 Å². The van der Waals surface area contributed by atoms with E-state index in [1.54, 1.807) is 13.3 Å². The molecule has 6 nitrogen and oxygen atoms in total. The molecule has 0 aliphatic heterocycles. The number of pyridine rings is 1. The number of aromatic amines is 1. The summed E-state index contributed by atoms with van der Waals surface area (Å²) in [5.74, 6) is 1.06. The number of methoxy groups -OCH3 is 1. The molecule has 136 valence electrons. The van der Waals surface area contributed by atoms with Crippen LogP contribution in [0, 0.1) is 6.92 Å². The number of benzene rings is 1. The van der Waals surface area contributed by atoms with Crippen molar-refractivity contribution in [2.24, 2.45) is 0 Å². The number of imidazole rings is 1. The summed E-state index contributed by atoms with van der Waals surface area (Å²) >= 11 is -1.30. The average molecular weight is 402 g/mol. The van der Waals surface area contributed by atoms with E-state index in [9.17, 15) is 4.55 Å². The van der Waals surface area contributed by atoms with Gasteiger partial charge in [-0.2, -0.15) is 4.98 Å². The van der Waals surface area contributed by atoms with Crippen molar-refractivity contribution >= 4 is 59.9 Å². The van der Waals surface area contributed by atoms with Gasteiger partial charge in [-0.05, 0) is 25.1 Å². The van der Waals surface area contributed by atoms with Gasteiger partial charge in [-0.15, -0.1) is 0 Å². The Bertz CT molecular complexity index is 810. The van der Waals surface area contributed by atoms with Gasteiger partial charge in [0.25, 0.3) is 0 Å². The zero-order valence-electron chi connectivity index (χ0n) is 14.3. The molecule has 26 heavy (non-hydrogen) atoms. The van der Waals surface area contributed by atoms with Crippen LogP contribution in [-0.4, -0.2) is 77.6 Å². The Morgan fingerprint density at radius 3 is 2.77 bits per heavy atom. The predicted molar refractivity (Wildman–Crippen MR) is 106 cm³/mol. The molecular formula is C18H23CaN3O3S. The summed E-state index contributed by atoms with van der Waals surface area (Å²) in [4.78, 5) is 11.9. The molecule has 0 saturated carbocycles. The Morgan fingerprint density at radius 1 is 1.19 bits per heavy atom. The van der Waals surface area contributed by atoms with Crippen molar-refractivity contribution in [2.45, 2.75) is 24.3 Å². The summed E-state index contributed by atoms with van der Waals surface area (Å²) in [6.45, 7) is 3.17. The maximum atomic E-state index is 12.7. The van der Waals surface area contributed by atoms with Crippen LogP contribution in [0.1, 0.15) is 17.7 Å². The number of nitrogens with one attached hydrogen (secondary N) is 1. The molecule has 1 aromatic carbocycles. The van der Waals surface area contributed by atoms with E-state index in [1.807, 2.05) is 37.3 Å². The van der Waals surface area contributed by atoms with Gasteiger partial charge >= 0.3 is 42.9 Å². The van der Waals surface area contributed by atoms with Crippen molar-refractivity contribution in [2.75, 3.05) is 20.3 Å². The van der Waals surface area contributed by atoms with Gasteiger partial charge in [0.05, 0.1) is 23.3 Å². The average Bonchev–Trinajstić information content (AvgIpc) is 3.06. The molecule has 0 amide bonds. The van der Waals surface area contributed by atoms with E-state index in [-0.39, 0.29) is 37.7 Å². The number of hydrogen-bond donors (Lipinski definition) is 1. The van der Waals surface area contributed by atoms with Crippen LogP contribution in [0.2, 0.25) is 0 Å². The molecule has 1 N–H and O–H groups in total. The maximum absolute atomic E-state index is 12.7. The third kappa shape index (κ3) is 5.34. The first kappa shape index (κ1) is 21.5. The summed E-state index contributed by atoms with van der Waals surface area (Å²) in [6.07, 6.45) is 2.50. The normalized spacial score (nSPS) is 12.0. The van der Waals surface area contributed by atoms with Crippen molar-refractivity contribution in [3.05, 3.63) is 47.8 Å². The van der Waals surface area contributed by atoms with Crippen molar-refractivity contribution in [1.82, 2.24) is 15.0 Å². The van der Waals surface area contributed by atoms with Gasteiger partial charge in [-0.1, -0.05) is 12.1 Å². The van der Waals surface area contributed by atoms with Gasteiger partial charge < -0.3 is 14.0 Å². The first-order valence-corrected chi connectivity index (χ1v) is 9.40. The zero-order chi connectivity index (χ0) is 17.6. The molecule has 2 aromatic heterocycles. The Kier molecular flexibility index (Phi) is 8.66. The molecule has 0 aliphatic carbocycles. The molecular weight excluding hydrogens is 378 g/mol. The summed E-state index contributed by atoms with van der Waals surface area (Å²) in [7, 11) is 1.67. The van der Waals surface area contributed by atoms with E-state index in [0.717, 1.165) is 34.5 Å². The van der Waals surface area contributed by atoms with E-state index in [0.29, 0.717) is 24.1 Å². The number of H-pyrrole nitrogens is 1. The van der Waals surface area contributed by atoms with E-state index < -0.39 is 11.2 Å². The molecule has 3 aromatic rings. The number of rotatable bonds is 8. The van der Waals surface area contributed by atoms with E-state index in [1.165, 1.54) is 0 Å². The Hall–Kier alpha value is -0.830. The number of nitrogens with zero attached hydrogens (tertiary/aromatic N) is 2. The zero-order valence-corrected chi connectivity index (χ0v) is 15.1. The Morgan fingerprint density at radius 2 is 2.00 bits per heavy atom. The third-order valence-corrected chi connectivity index (χ3v) is 5.02. The SMILES string of the molecule is COCCCOc1ccnc(C[S+]([O-])c2nc3ccccc3[nH]2)c1C.[CaH2]. The number of aromatic nitrogens is 3. The van der Waals surface area contributed by atoms with Gasteiger partial charge in [0, 0.05) is 43.1 Å². The summed E-state index contributed by atoms with van der Waals surface area (Å²) in [5.41, 5.74) is 3.35. The number of hydrogen-bond acceptors (Lipinski definition) is 5. The van der Waals surface area contributed by atoms with Crippen molar-refractivity contribution in [3.8, 4) is 5.75 Å². The minimum atomic E-state index is -1.30. The van der Waals surface area contributed by atoms with Crippen LogP contribution in [0.15, 0.2) is 41.7 Å². The monoisotopic (exact) mass is 401 g/mol. The van der Waals surface area contributed by atoms with Crippen LogP contribution in [0.3, 0.4) is 0 Å². The van der Waals surface area contributed by atoms with E-state index in [2.05, 4.69) is 15.0 Å². The van der Waals surface area contributed by atoms with E-state index in [4.69, 9.17) is 9.47 Å². The topological polar surface area (TPSA) is 83.1 Å². The van der Waals surface area contributed by atoms with Gasteiger partial charge in [0.2, 0.25) is 0 Å². The molecule has 0 radical (unpaired) electrons. The summed E-state index contributed by atoms with van der Waals surface area (Å²) < 4.78 is 23.5. The standard InChI is InChI=1S/C18H21N3O3S.Ca.2H/c1-13-16(19-9-8-17(13)24-11-5-10-23-2)12-25(22)18-20-14-6-3-4-7-15(14)21-18;;;/h3-4,6-9H,5,10-12H2,1-2H3,(H,20,21);;;. The third-order valence-electron chi connectivity index (χ3n) is 3.86. The molecule has 2 heterocycles. The second kappa shape index (κ2) is 10.5. The molecule has 1 atom stereocenters. The van der Waals surface area contributed by atoms with Crippen LogP contribution < -0.4 is 4.74 Å². The molecule has 8 heteroatoms. The van der Waals surface area contributed by atoms with Gasteiger partial charge in [0.15, 0.2) is 5.75 Å². The van der Waals surface area contributed by atoms with Crippen LogP contribution in [0.4, 0.5) is 0 Å². The molecule has 0 aliphatic rings. The summed E-state index contributed by atoms with van der Waals surface area (Å²) in [6, 6.07) is 9.47. The number of fused-ring (bicyclic) bond motifs is 1. The number of para-hydroxylation sites is 2. The first-order valence-electron chi connectivity index (χ1n) is 8.08. The second-order valence-electron chi connectivity index (χ2n) is 5.62. The van der Waals surface area contributed by atoms with Crippen molar-refractivity contribution < 1.29 is 14.0 Å². The Balaban J connectivity index is 0.00000243. The van der Waals surface area contributed by atoms with Crippen molar-refractivity contribution in [3.63, 3.8) is 0 Å². The quantitative estimate of drug-likeness (QED) is 0.355. The molecule has 0 saturated heterocycles. The molecule has 0 bridgehead atoms. The van der Waals surface area contributed by atoms with Crippen LogP contribution >= 0.6 is 0 Å². The van der Waals surface area contributed by atoms with Crippen LogP contribution in [0.5, 0.6) is 5.75 Å². The van der Waals surface area contributed by atoms with Crippen LogP contribution in [0.25, 0.3) is 11.0 Å². The molecule has 0 spiro atoms. The number of ether oxygens (including phenoxy) is 2. The predicted octanol–water partition coefficient (Wildman–Crippen LogP) is 2.07. The first-order chi connectivity index (χ1) is 12.2. The fourth-order valence-corrected chi connectivity index (χ4v) is 3.58. The molecule has 0 fully saturated rings. The minimum absolute atomic E-state index is 0. The van der Waals surface area contributed by atoms with Gasteiger partial charge in [0.1, 0.15) is 5.75 Å². The molecule has 3 rings (SSSR count). The summed E-state index contributed by atoms with van der Waals surface area (Å²) in [5, 5.41) is 0.466. The van der Waals surface area contributed by atoms with E-state index >= 15 is 0 Å². The fourth-order valence-electron chi connectivity index (χ4n) is 2.48. The van der Waals surface area contributed by atoms with Crippen molar-refractivity contribution in [1.29, 1.82) is 0 Å². The second-order valence-corrected chi connectivity index (χ2v) is 6.99. The van der Waals surface area contributed by atoms with Gasteiger partial charge in [-0.25, -0.2) is 0 Å². The fraction of sp³-hybridized carbons (Fsp3) is 0.333.